The summed E-state index contributed by atoms with van der Waals surface area (Å²) in [5, 5.41) is 2.79. The molecule has 0 atom stereocenters. The monoisotopic (exact) mass is 341 g/mol. The maximum absolute atomic E-state index is 11.1. The van der Waals surface area contributed by atoms with Gasteiger partial charge in [-0.1, -0.05) is 24.3 Å². The predicted octanol–water partition coefficient (Wildman–Crippen LogP) is 3.00. The number of amides is 1. The van der Waals surface area contributed by atoms with Crippen LogP contribution in [-0.4, -0.2) is 31.0 Å². The first kappa shape index (κ1) is 19.0. The fraction of sp³-hybridized carbons (Fsp3) is 0.350. The number of hydrogen-bond donors (Lipinski definition) is 2. The van der Waals surface area contributed by atoms with Crippen LogP contribution in [0, 0.1) is 0 Å². The first-order chi connectivity index (χ1) is 12.1. The number of hydrogen-bond acceptors (Lipinski definition) is 4. The van der Waals surface area contributed by atoms with Crippen LogP contribution in [0.2, 0.25) is 0 Å². The van der Waals surface area contributed by atoms with E-state index in [0.29, 0.717) is 6.54 Å². The predicted molar refractivity (Wildman–Crippen MR) is 102 cm³/mol. The summed E-state index contributed by atoms with van der Waals surface area (Å²) in [7, 11) is 1.67. The average Bonchev–Trinajstić information content (AvgIpc) is 2.61. The standard InChI is InChI=1S/C20H27N3O2/c1-16(24)22-19-8-4-17(5-9-19)14-23(13-3-12-21)15-18-6-10-20(25-2)11-7-18/h4-11H,3,12-15,21H2,1-2H3,(H,22,24). The molecule has 0 heterocycles. The Morgan fingerprint density at radius 3 is 2.08 bits per heavy atom. The largest absolute Gasteiger partial charge is 0.497 e. The third-order valence-corrected chi connectivity index (χ3v) is 3.92. The van der Waals surface area contributed by atoms with Crippen molar-refractivity contribution in [2.24, 2.45) is 5.73 Å². The molecule has 2 rings (SSSR count). The lowest BCUT2D eigenvalue weighted by molar-refractivity contribution is -0.114. The van der Waals surface area contributed by atoms with Crippen molar-refractivity contribution in [3.8, 4) is 5.75 Å². The first-order valence-corrected chi connectivity index (χ1v) is 8.52. The minimum Gasteiger partial charge on any atom is -0.497 e. The second kappa shape index (κ2) is 9.81. The van der Waals surface area contributed by atoms with Crippen LogP contribution in [0.4, 0.5) is 5.69 Å². The van der Waals surface area contributed by atoms with Gasteiger partial charge in [-0.2, -0.15) is 0 Å². The highest BCUT2D eigenvalue weighted by molar-refractivity contribution is 5.88. The maximum Gasteiger partial charge on any atom is 0.221 e. The molecule has 0 aliphatic heterocycles. The van der Waals surface area contributed by atoms with E-state index in [4.69, 9.17) is 10.5 Å². The molecule has 0 aromatic heterocycles. The van der Waals surface area contributed by atoms with E-state index in [1.165, 1.54) is 18.1 Å². The van der Waals surface area contributed by atoms with Crippen molar-refractivity contribution < 1.29 is 9.53 Å². The van der Waals surface area contributed by atoms with E-state index in [9.17, 15) is 4.79 Å². The van der Waals surface area contributed by atoms with Crippen molar-refractivity contribution >= 4 is 11.6 Å². The number of nitrogens with two attached hydrogens (primary N) is 1. The normalized spacial score (nSPS) is 10.7. The molecule has 0 spiro atoms. The van der Waals surface area contributed by atoms with Crippen LogP contribution in [-0.2, 0) is 17.9 Å². The molecule has 0 radical (unpaired) electrons. The summed E-state index contributed by atoms with van der Waals surface area (Å²) < 4.78 is 5.21. The third kappa shape index (κ3) is 6.57. The van der Waals surface area contributed by atoms with Crippen LogP contribution in [0.3, 0.4) is 0 Å². The van der Waals surface area contributed by atoms with E-state index in [0.717, 1.165) is 37.5 Å². The molecule has 2 aromatic rings. The Kier molecular flexibility index (Phi) is 7.44. The minimum atomic E-state index is -0.0585. The number of rotatable bonds is 9. The van der Waals surface area contributed by atoms with Crippen molar-refractivity contribution in [3.05, 3.63) is 59.7 Å². The Balaban J connectivity index is 2.01. The van der Waals surface area contributed by atoms with Gasteiger partial charge in [0.25, 0.3) is 0 Å². The molecule has 0 unspecified atom stereocenters. The van der Waals surface area contributed by atoms with Gasteiger partial charge in [0.15, 0.2) is 0 Å². The molecular formula is C20H27N3O2. The Morgan fingerprint density at radius 2 is 1.60 bits per heavy atom. The van der Waals surface area contributed by atoms with Crippen molar-refractivity contribution in [1.29, 1.82) is 0 Å². The Morgan fingerprint density at radius 1 is 1.04 bits per heavy atom. The molecule has 0 bridgehead atoms. The zero-order valence-corrected chi connectivity index (χ0v) is 15.0. The summed E-state index contributed by atoms with van der Waals surface area (Å²) in [4.78, 5) is 13.5. The SMILES string of the molecule is COc1ccc(CN(CCCN)Cc2ccc(NC(C)=O)cc2)cc1. The van der Waals surface area contributed by atoms with Gasteiger partial charge in [-0.15, -0.1) is 0 Å². The number of anilines is 1. The van der Waals surface area contributed by atoms with Gasteiger partial charge < -0.3 is 15.8 Å². The van der Waals surface area contributed by atoms with E-state index in [2.05, 4.69) is 34.5 Å². The summed E-state index contributed by atoms with van der Waals surface area (Å²) in [6.07, 6.45) is 0.958. The Bertz CT molecular complexity index is 654. The molecule has 3 N–H and O–H groups in total. The van der Waals surface area contributed by atoms with E-state index < -0.39 is 0 Å². The molecule has 2 aromatic carbocycles. The van der Waals surface area contributed by atoms with Crippen LogP contribution in [0.15, 0.2) is 48.5 Å². The zero-order valence-electron chi connectivity index (χ0n) is 15.0. The van der Waals surface area contributed by atoms with Crippen LogP contribution in [0.5, 0.6) is 5.75 Å². The number of nitrogens with zero attached hydrogens (tertiary/aromatic N) is 1. The molecule has 5 heteroatoms. The summed E-state index contributed by atoms with van der Waals surface area (Å²) in [5.74, 6) is 0.808. The molecule has 0 saturated heterocycles. The number of benzene rings is 2. The van der Waals surface area contributed by atoms with E-state index >= 15 is 0 Å². The van der Waals surface area contributed by atoms with Gasteiger partial charge in [0, 0.05) is 32.2 Å². The number of ether oxygens (including phenoxy) is 1. The van der Waals surface area contributed by atoms with E-state index in [1.54, 1.807) is 7.11 Å². The summed E-state index contributed by atoms with van der Waals surface area (Å²) in [6, 6.07) is 16.1. The van der Waals surface area contributed by atoms with Gasteiger partial charge in [-0.25, -0.2) is 0 Å². The molecule has 134 valence electrons. The fourth-order valence-corrected chi connectivity index (χ4v) is 2.67. The molecular weight excluding hydrogens is 314 g/mol. The van der Waals surface area contributed by atoms with Gasteiger partial charge in [0.1, 0.15) is 5.75 Å². The quantitative estimate of drug-likeness (QED) is 0.736. The number of carbonyl (C=O) groups excluding carboxylic acids is 1. The number of carbonyl (C=O) groups is 1. The van der Waals surface area contributed by atoms with Gasteiger partial charge in [0.2, 0.25) is 5.91 Å². The second-order valence-corrected chi connectivity index (χ2v) is 6.08. The smallest absolute Gasteiger partial charge is 0.221 e. The summed E-state index contributed by atoms with van der Waals surface area (Å²) in [5.41, 5.74) is 8.95. The van der Waals surface area contributed by atoms with Gasteiger partial charge in [0.05, 0.1) is 7.11 Å². The van der Waals surface area contributed by atoms with E-state index in [-0.39, 0.29) is 5.91 Å². The van der Waals surface area contributed by atoms with E-state index in [1.807, 2.05) is 24.3 Å². The van der Waals surface area contributed by atoms with Gasteiger partial charge in [-0.3, -0.25) is 9.69 Å². The molecule has 0 aliphatic rings. The van der Waals surface area contributed by atoms with Crippen LogP contribution < -0.4 is 15.8 Å². The van der Waals surface area contributed by atoms with Crippen molar-refractivity contribution in [2.45, 2.75) is 26.4 Å². The number of nitrogens with one attached hydrogen (secondary N) is 1. The lowest BCUT2D eigenvalue weighted by atomic mass is 10.1. The minimum absolute atomic E-state index is 0.0585. The highest BCUT2D eigenvalue weighted by Gasteiger charge is 2.08. The lowest BCUT2D eigenvalue weighted by Crippen LogP contribution is -2.25. The summed E-state index contributed by atoms with van der Waals surface area (Å²) >= 11 is 0. The molecule has 1 amide bonds. The second-order valence-electron chi connectivity index (χ2n) is 6.08. The van der Waals surface area contributed by atoms with Crippen molar-refractivity contribution in [1.82, 2.24) is 4.90 Å². The third-order valence-electron chi connectivity index (χ3n) is 3.92. The van der Waals surface area contributed by atoms with Crippen molar-refractivity contribution in [2.75, 3.05) is 25.5 Å². The molecule has 0 aliphatic carbocycles. The zero-order chi connectivity index (χ0) is 18.1. The first-order valence-electron chi connectivity index (χ1n) is 8.52. The molecule has 25 heavy (non-hydrogen) atoms. The highest BCUT2D eigenvalue weighted by Crippen LogP contribution is 2.16. The molecule has 0 fully saturated rings. The molecule has 5 nitrogen and oxygen atoms in total. The van der Waals surface area contributed by atoms with Crippen LogP contribution >= 0.6 is 0 Å². The van der Waals surface area contributed by atoms with Crippen LogP contribution in [0.25, 0.3) is 0 Å². The summed E-state index contributed by atoms with van der Waals surface area (Å²) in [6.45, 7) is 4.83. The highest BCUT2D eigenvalue weighted by atomic mass is 16.5. The fourth-order valence-electron chi connectivity index (χ4n) is 2.67. The van der Waals surface area contributed by atoms with Crippen molar-refractivity contribution in [3.63, 3.8) is 0 Å². The van der Waals surface area contributed by atoms with Gasteiger partial charge in [-0.05, 0) is 48.4 Å². The average molecular weight is 341 g/mol. The topological polar surface area (TPSA) is 67.6 Å². The molecule has 0 saturated carbocycles. The lowest BCUT2D eigenvalue weighted by Gasteiger charge is -2.22. The Labute approximate surface area is 149 Å². The number of methoxy groups -OCH3 is 1. The maximum atomic E-state index is 11.1. The Hall–Kier alpha value is -2.37. The van der Waals surface area contributed by atoms with Crippen LogP contribution in [0.1, 0.15) is 24.5 Å². The van der Waals surface area contributed by atoms with Gasteiger partial charge >= 0.3 is 0 Å².